The molecule has 1 heterocycles. The van der Waals surface area contributed by atoms with Gasteiger partial charge < -0.3 is 4.74 Å². The Morgan fingerprint density at radius 1 is 1.19 bits per heavy atom. The minimum atomic E-state index is -0.445. The standard InChI is InChI=1S/C13H15N5O3/c1-7-4-8(2)11(6-10(7)18(19)20)21-12-5-9(3)15-13(16-12)17-14/h4-6H,14H2,1-3H3,(H,15,16,17). The molecule has 110 valence electrons. The summed E-state index contributed by atoms with van der Waals surface area (Å²) in [6.07, 6.45) is 0. The van der Waals surface area contributed by atoms with Crippen LogP contribution in [0.3, 0.4) is 0 Å². The third-order valence-electron chi connectivity index (χ3n) is 2.86. The van der Waals surface area contributed by atoms with Crippen LogP contribution in [0, 0.1) is 30.9 Å². The van der Waals surface area contributed by atoms with Gasteiger partial charge in [-0.15, -0.1) is 0 Å². The maximum absolute atomic E-state index is 11.0. The Kier molecular flexibility index (Phi) is 3.99. The monoisotopic (exact) mass is 289 g/mol. The number of nitrogen functional groups attached to an aromatic ring is 1. The van der Waals surface area contributed by atoms with Crippen molar-refractivity contribution in [2.45, 2.75) is 20.8 Å². The Labute approximate surface area is 121 Å². The first-order chi connectivity index (χ1) is 9.90. The minimum Gasteiger partial charge on any atom is -0.438 e. The molecular formula is C13H15N5O3. The molecule has 8 nitrogen and oxygen atoms in total. The van der Waals surface area contributed by atoms with Crippen LogP contribution in [0.1, 0.15) is 16.8 Å². The van der Waals surface area contributed by atoms with Gasteiger partial charge in [-0.2, -0.15) is 4.98 Å². The first-order valence-electron chi connectivity index (χ1n) is 6.16. The van der Waals surface area contributed by atoms with Gasteiger partial charge in [0.05, 0.1) is 11.0 Å². The van der Waals surface area contributed by atoms with Gasteiger partial charge in [0.2, 0.25) is 11.8 Å². The molecule has 0 atom stereocenters. The second kappa shape index (κ2) is 5.71. The zero-order valence-electron chi connectivity index (χ0n) is 11.9. The molecule has 1 aromatic carbocycles. The molecule has 21 heavy (non-hydrogen) atoms. The zero-order chi connectivity index (χ0) is 15.6. The largest absolute Gasteiger partial charge is 0.438 e. The summed E-state index contributed by atoms with van der Waals surface area (Å²) in [6, 6.07) is 4.70. The number of nitro benzene ring substituents is 1. The van der Waals surface area contributed by atoms with Crippen molar-refractivity contribution in [3.05, 3.63) is 45.1 Å². The summed E-state index contributed by atoms with van der Waals surface area (Å²) in [5.74, 6) is 6.12. The van der Waals surface area contributed by atoms with Gasteiger partial charge in [0, 0.05) is 17.3 Å². The number of anilines is 1. The average molecular weight is 289 g/mol. The van der Waals surface area contributed by atoms with Gasteiger partial charge in [0.1, 0.15) is 5.75 Å². The molecule has 0 aliphatic heterocycles. The van der Waals surface area contributed by atoms with Crippen molar-refractivity contribution in [3.8, 4) is 11.6 Å². The normalized spacial score (nSPS) is 10.3. The van der Waals surface area contributed by atoms with E-state index >= 15 is 0 Å². The summed E-state index contributed by atoms with van der Waals surface area (Å²) in [7, 11) is 0. The van der Waals surface area contributed by atoms with Crippen LogP contribution in [0.2, 0.25) is 0 Å². The number of aryl methyl sites for hydroxylation is 3. The van der Waals surface area contributed by atoms with Crippen molar-refractivity contribution in [1.29, 1.82) is 0 Å². The highest BCUT2D eigenvalue weighted by atomic mass is 16.6. The molecule has 0 fully saturated rings. The van der Waals surface area contributed by atoms with Gasteiger partial charge in [-0.3, -0.25) is 15.5 Å². The summed E-state index contributed by atoms with van der Waals surface area (Å²) in [6.45, 7) is 5.25. The number of rotatable bonds is 4. The molecule has 0 unspecified atom stereocenters. The van der Waals surface area contributed by atoms with Gasteiger partial charge in [-0.25, -0.2) is 10.8 Å². The maximum atomic E-state index is 11.0. The van der Waals surface area contributed by atoms with Crippen LogP contribution in [0.4, 0.5) is 11.6 Å². The van der Waals surface area contributed by atoms with E-state index in [-0.39, 0.29) is 17.5 Å². The maximum Gasteiger partial charge on any atom is 0.276 e. The van der Waals surface area contributed by atoms with Gasteiger partial charge in [0.15, 0.2) is 0 Å². The minimum absolute atomic E-state index is 0.00134. The second-order valence-corrected chi connectivity index (χ2v) is 4.58. The van der Waals surface area contributed by atoms with E-state index in [2.05, 4.69) is 15.4 Å². The van der Waals surface area contributed by atoms with E-state index in [0.717, 1.165) is 5.56 Å². The van der Waals surface area contributed by atoms with Crippen LogP contribution in [-0.4, -0.2) is 14.9 Å². The molecule has 0 saturated heterocycles. The number of ether oxygens (including phenoxy) is 1. The quantitative estimate of drug-likeness (QED) is 0.504. The fourth-order valence-corrected chi connectivity index (χ4v) is 1.90. The van der Waals surface area contributed by atoms with E-state index in [1.807, 2.05) is 6.92 Å². The molecule has 0 spiro atoms. The number of nitrogens with zero attached hydrogens (tertiary/aromatic N) is 3. The fourth-order valence-electron chi connectivity index (χ4n) is 1.90. The van der Waals surface area contributed by atoms with Crippen LogP contribution in [0.5, 0.6) is 11.6 Å². The molecule has 0 amide bonds. The van der Waals surface area contributed by atoms with Crippen molar-refractivity contribution in [1.82, 2.24) is 9.97 Å². The number of nitrogens with one attached hydrogen (secondary N) is 1. The lowest BCUT2D eigenvalue weighted by Crippen LogP contribution is -2.11. The SMILES string of the molecule is Cc1cc(Oc2cc([N+](=O)[O-])c(C)cc2C)nc(NN)n1. The summed E-state index contributed by atoms with van der Waals surface area (Å²) < 4.78 is 5.63. The van der Waals surface area contributed by atoms with Crippen LogP contribution in [-0.2, 0) is 0 Å². The lowest BCUT2D eigenvalue weighted by Gasteiger charge is -2.10. The Bertz CT molecular complexity index is 702. The van der Waals surface area contributed by atoms with E-state index in [1.54, 1.807) is 26.0 Å². The average Bonchev–Trinajstić information content (AvgIpc) is 2.40. The molecule has 2 aromatic rings. The molecule has 3 N–H and O–H groups in total. The van der Waals surface area contributed by atoms with Crippen molar-refractivity contribution in [2.24, 2.45) is 5.84 Å². The molecule has 0 aliphatic rings. The Morgan fingerprint density at radius 2 is 1.90 bits per heavy atom. The predicted octanol–water partition coefficient (Wildman–Crippen LogP) is 2.39. The summed E-state index contributed by atoms with van der Waals surface area (Å²) in [4.78, 5) is 18.6. The number of benzene rings is 1. The van der Waals surface area contributed by atoms with Gasteiger partial charge in [0.25, 0.3) is 5.69 Å². The smallest absolute Gasteiger partial charge is 0.276 e. The Balaban J connectivity index is 2.41. The summed E-state index contributed by atoms with van der Waals surface area (Å²) >= 11 is 0. The van der Waals surface area contributed by atoms with Crippen LogP contribution in [0.25, 0.3) is 0 Å². The van der Waals surface area contributed by atoms with Gasteiger partial charge in [-0.1, -0.05) is 0 Å². The molecule has 0 bridgehead atoms. The molecule has 0 aliphatic carbocycles. The number of aromatic nitrogens is 2. The van der Waals surface area contributed by atoms with Crippen LogP contribution in [0.15, 0.2) is 18.2 Å². The van der Waals surface area contributed by atoms with Crippen LogP contribution >= 0.6 is 0 Å². The predicted molar refractivity (Wildman–Crippen MR) is 77.2 cm³/mol. The van der Waals surface area contributed by atoms with Gasteiger partial charge >= 0.3 is 0 Å². The lowest BCUT2D eigenvalue weighted by atomic mass is 10.1. The highest BCUT2D eigenvalue weighted by molar-refractivity contribution is 5.50. The van der Waals surface area contributed by atoms with E-state index in [0.29, 0.717) is 17.0 Å². The van der Waals surface area contributed by atoms with Crippen molar-refractivity contribution >= 4 is 11.6 Å². The van der Waals surface area contributed by atoms with E-state index in [4.69, 9.17) is 10.6 Å². The second-order valence-electron chi connectivity index (χ2n) is 4.58. The molecule has 1 aromatic heterocycles. The molecule has 8 heteroatoms. The van der Waals surface area contributed by atoms with E-state index < -0.39 is 4.92 Å². The number of hydrazine groups is 1. The fraction of sp³-hybridized carbons (Fsp3) is 0.231. The third kappa shape index (κ3) is 3.23. The Hall–Kier alpha value is -2.74. The number of hydrogen-bond acceptors (Lipinski definition) is 7. The number of nitrogens with two attached hydrogens (primary N) is 1. The third-order valence-corrected chi connectivity index (χ3v) is 2.86. The highest BCUT2D eigenvalue weighted by Crippen LogP contribution is 2.31. The molecule has 0 radical (unpaired) electrons. The summed E-state index contributed by atoms with van der Waals surface area (Å²) in [5, 5.41) is 11.0. The Morgan fingerprint density at radius 3 is 2.52 bits per heavy atom. The lowest BCUT2D eigenvalue weighted by molar-refractivity contribution is -0.385. The highest BCUT2D eigenvalue weighted by Gasteiger charge is 2.15. The van der Waals surface area contributed by atoms with E-state index in [1.165, 1.54) is 6.07 Å². The van der Waals surface area contributed by atoms with E-state index in [9.17, 15) is 10.1 Å². The number of hydrogen-bond donors (Lipinski definition) is 2. The van der Waals surface area contributed by atoms with Crippen LogP contribution < -0.4 is 16.0 Å². The van der Waals surface area contributed by atoms with Gasteiger partial charge in [-0.05, 0) is 32.4 Å². The van der Waals surface area contributed by atoms with Crippen molar-refractivity contribution in [3.63, 3.8) is 0 Å². The molecular weight excluding hydrogens is 274 g/mol. The summed E-state index contributed by atoms with van der Waals surface area (Å²) in [5.41, 5.74) is 4.35. The molecule has 2 rings (SSSR count). The zero-order valence-corrected chi connectivity index (χ0v) is 11.9. The van der Waals surface area contributed by atoms with Crippen molar-refractivity contribution < 1.29 is 9.66 Å². The topological polar surface area (TPSA) is 116 Å². The first kappa shape index (κ1) is 14.7. The molecule has 0 saturated carbocycles. The first-order valence-corrected chi connectivity index (χ1v) is 6.16. The number of nitro groups is 1. The van der Waals surface area contributed by atoms with Crippen molar-refractivity contribution in [2.75, 3.05) is 5.43 Å².